The number of benzene rings is 3. The zero-order valence-electron chi connectivity index (χ0n) is 16.2. The predicted octanol–water partition coefficient (Wildman–Crippen LogP) is 4.38. The van der Waals surface area contributed by atoms with Crippen molar-refractivity contribution in [3.8, 4) is 0 Å². The van der Waals surface area contributed by atoms with Crippen molar-refractivity contribution in [3.05, 3.63) is 87.2 Å². The number of rotatable bonds is 3. The van der Waals surface area contributed by atoms with Gasteiger partial charge in [-0.3, -0.25) is 0 Å². The Bertz CT molecular complexity index is 1070. The Kier molecular flexibility index (Phi) is 6.18. The van der Waals surface area contributed by atoms with Crippen LogP contribution in [0.5, 0.6) is 0 Å². The molecule has 0 aliphatic rings. The molecule has 0 aliphatic carbocycles. The normalized spacial score (nSPS) is 11.2. The molecule has 0 atom stereocenters. The fourth-order valence-electron chi connectivity index (χ4n) is 3.35. The lowest BCUT2D eigenvalue weighted by Gasteiger charge is -2.21. The molecule has 3 aromatic carbocycles. The molecule has 0 heterocycles. The number of hydrogen-bond donors (Lipinski definition) is 0. The Labute approximate surface area is 175 Å². The van der Waals surface area contributed by atoms with Gasteiger partial charge in [-0.25, -0.2) is 39.5 Å². The molecule has 0 amide bonds. The van der Waals surface area contributed by atoms with E-state index >= 15 is 0 Å². The van der Waals surface area contributed by atoms with E-state index in [1.807, 2.05) is 0 Å². The van der Waals surface area contributed by atoms with Gasteiger partial charge in [-0.2, -0.15) is 0 Å². The maximum Gasteiger partial charge on any atom is 0.411 e. The summed E-state index contributed by atoms with van der Waals surface area (Å²) in [7, 11) is 0. The van der Waals surface area contributed by atoms with Gasteiger partial charge < -0.3 is 0 Å². The van der Waals surface area contributed by atoms with Crippen LogP contribution in [0.1, 0.15) is 16.7 Å². The van der Waals surface area contributed by atoms with Crippen LogP contribution in [0.3, 0.4) is 0 Å². The lowest BCUT2D eigenvalue weighted by molar-refractivity contribution is 0.537. The van der Waals surface area contributed by atoms with E-state index in [0.717, 1.165) is 20.8 Å². The van der Waals surface area contributed by atoms with Gasteiger partial charge in [0.15, 0.2) is 0 Å². The van der Waals surface area contributed by atoms with Gasteiger partial charge in [0.1, 0.15) is 52.4 Å². The predicted molar refractivity (Wildman–Crippen MR) is 97.8 cm³/mol. The van der Waals surface area contributed by atoms with Crippen LogP contribution in [0, 0.1) is 73.1 Å². The van der Waals surface area contributed by atoms with Crippen molar-refractivity contribution in [1.82, 2.24) is 0 Å². The maximum absolute atomic E-state index is 14.9. The van der Waals surface area contributed by atoms with Crippen LogP contribution in [0.15, 0.2) is 18.2 Å². The summed E-state index contributed by atoms with van der Waals surface area (Å²) in [6.45, 7) is 2.68. The standard InChI is InChI=1S/3C7H4F3.Al/c3*1-4-6(9)2-5(8)3-7(4)10;/h3*2H,1H3;. The van der Waals surface area contributed by atoms with Crippen LogP contribution in [0.2, 0.25) is 0 Å². The summed E-state index contributed by atoms with van der Waals surface area (Å²) in [5.41, 5.74) is -2.27. The average molecular weight is 462 g/mol. The van der Waals surface area contributed by atoms with E-state index in [1.165, 1.54) is 0 Å². The van der Waals surface area contributed by atoms with Gasteiger partial charge in [-0.1, -0.05) is 0 Å². The fraction of sp³-hybridized carbons (Fsp3) is 0.143. The highest BCUT2D eigenvalue weighted by atomic mass is 27.2. The van der Waals surface area contributed by atoms with Gasteiger partial charge in [0, 0.05) is 34.9 Å². The molecular formula is C21H12AlF9. The Balaban J connectivity index is 2.56. The minimum atomic E-state index is -4.44. The second-order valence-corrected chi connectivity index (χ2v) is 9.61. The van der Waals surface area contributed by atoms with E-state index in [4.69, 9.17) is 0 Å². The largest absolute Gasteiger partial charge is 0.411 e. The fourth-order valence-corrected chi connectivity index (χ4v) is 6.71. The highest BCUT2D eigenvalue weighted by Gasteiger charge is 2.42. The molecule has 0 spiro atoms. The molecule has 0 radical (unpaired) electrons. The zero-order valence-corrected chi connectivity index (χ0v) is 17.4. The molecule has 0 unspecified atom stereocenters. The van der Waals surface area contributed by atoms with Crippen molar-refractivity contribution in [1.29, 1.82) is 0 Å². The molecule has 0 bridgehead atoms. The summed E-state index contributed by atoms with van der Waals surface area (Å²) in [5.74, 6) is -13.7. The van der Waals surface area contributed by atoms with Crippen LogP contribution in [0.4, 0.5) is 39.5 Å². The quantitative estimate of drug-likeness (QED) is 0.401. The number of halogens is 9. The zero-order chi connectivity index (χ0) is 23.4. The monoisotopic (exact) mass is 462 g/mol. The second-order valence-electron chi connectivity index (χ2n) is 7.01. The average Bonchev–Trinajstić information content (AvgIpc) is 2.68. The molecule has 3 rings (SSSR count). The first-order valence-corrected chi connectivity index (χ1v) is 10.5. The van der Waals surface area contributed by atoms with Crippen LogP contribution in [-0.2, 0) is 0 Å². The van der Waals surface area contributed by atoms with Crippen LogP contribution >= 0.6 is 0 Å². The van der Waals surface area contributed by atoms with E-state index in [2.05, 4.69) is 0 Å². The van der Waals surface area contributed by atoms with Gasteiger partial charge in [-0.15, -0.1) is 0 Å². The van der Waals surface area contributed by atoms with Gasteiger partial charge in [0.05, 0.1) is 0 Å². The Morgan fingerprint density at radius 1 is 0.419 bits per heavy atom. The number of hydrogen-bond acceptors (Lipinski definition) is 0. The summed E-state index contributed by atoms with van der Waals surface area (Å²) in [4.78, 5) is 0. The molecule has 0 saturated heterocycles. The minimum Gasteiger partial charge on any atom is -0.208 e. The Morgan fingerprint density at radius 2 is 0.645 bits per heavy atom. The van der Waals surface area contributed by atoms with Gasteiger partial charge >= 0.3 is 14.1 Å². The van der Waals surface area contributed by atoms with Crippen molar-refractivity contribution >= 4 is 27.4 Å². The summed E-state index contributed by atoms with van der Waals surface area (Å²) < 4.78 is 127. The maximum atomic E-state index is 14.9. The smallest absolute Gasteiger partial charge is 0.208 e. The van der Waals surface area contributed by atoms with Gasteiger partial charge in [0.25, 0.3) is 0 Å². The Hall–Kier alpha value is -2.44. The molecule has 0 nitrogen and oxygen atoms in total. The summed E-state index contributed by atoms with van der Waals surface area (Å²) in [6, 6.07) is 0.643. The van der Waals surface area contributed by atoms with Crippen LogP contribution in [0.25, 0.3) is 0 Å². The highest BCUT2D eigenvalue weighted by Crippen LogP contribution is 2.20. The van der Waals surface area contributed by atoms with Crippen molar-refractivity contribution in [2.75, 3.05) is 0 Å². The van der Waals surface area contributed by atoms with E-state index in [1.54, 1.807) is 0 Å². The topological polar surface area (TPSA) is 0 Å². The SMILES string of the molecule is Cc1c(F)cc(F)[c]([Al]([c]2c(F)cc(F)c(C)c2F)[c]2c(F)cc(F)c(C)c2F)c1F. The summed E-state index contributed by atoms with van der Waals surface area (Å²) in [5, 5.41) is 0. The van der Waals surface area contributed by atoms with Crippen LogP contribution in [-0.4, -0.2) is 14.1 Å². The molecule has 0 saturated carbocycles. The van der Waals surface area contributed by atoms with E-state index in [9.17, 15) is 39.5 Å². The molecule has 0 aliphatic heterocycles. The van der Waals surface area contributed by atoms with Gasteiger partial charge in [0.2, 0.25) is 0 Å². The first kappa shape index (κ1) is 23.2. The van der Waals surface area contributed by atoms with Crippen molar-refractivity contribution in [2.45, 2.75) is 20.8 Å². The Morgan fingerprint density at radius 3 is 0.871 bits per heavy atom. The van der Waals surface area contributed by atoms with Gasteiger partial charge in [-0.05, 0) is 34.0 Å². The molecule has 0 N–H and O–H groups in total. The third-order valence-corrected chi connectivity index (χ3v) is 8.49. The second kappa shape index (κ2) is 8.25. The minimum absolute atomic E-state index is 0.214. The summed E-state index contributed by atoms with van der Waals surface area (Å²) in [6.07, 6.45) is 0. The third kappa shape index (κ3) is 3.72. The molecule has 0 aromatic heterocycles. The third-order valence-electron chi connectivity index (χ3n) is 5.17. The van der Waals surface area contributed by atoms with E-state index in [0.29, 0.717) is 0 Å². The molecular weight excluding hydrogens is 450 g/mol. The summed E-state index contributed by atoms with van der Waals surface area (Å²) >= 11 is -4.44. The molecule has 3 aromatic rings. The first-order chi connectivity index (χ1) is 14.4. The first-order valence-electron chi connectivity index (χ1n) is 8.80. The molecule has 0 fully saturated rings. The van der Waals surface area contributed by atoms with E-state index in [-0.39, 0.29) is 18.2 Å². The molecule has 31 heavy (non-hydrogen) atoms. The molecule has 10 heteroatoms. The van der Waals surface area contributed by atoms with Crippen molar-refractivity contribution in [2.24, 2.45) is 0 Å². The lowest BCUT2D eigenvalue weighted by atomic mass is 10.2. The van der Waals surface area contributed by atoms with Crippen molar-refractivity contribution in [3.63, 3.8) is 0 Å². The lowest BCUT2D eigenvalue weighted by Crippen LogP contribution is -2.59. The van der Waals surface area contributed by atoms with Crippen LogP contribution < -0.4 is 13.3 Å². The van der Waals surface area contributed by atoms with Crippen molar-refractivity contribution < 1.29 is 39.5 Å². The highest BCUT2D eigenvalue weighted by molar-refractivity contribution is 6.95. The molecule has 162 valence electrons. The van der Waals surface area contributed by atoms with E-state index < -0.39 is 96.5 Å².